The molecule has 0 radical (unpaired) electrons. The molecule has 1 aliphatic carbocycles. The molecule has 33 heteroatoms. The van der Waals surface area contributed by atoms with E-state index >= 15 is 24.0 Å². The minimum atomic E-state index is -2.05. The number of rotatable bonds is 12. The molecule has 103 heavy (non-hydrogen) atoms. The van der Waals surface area contributed by atoms with Crippen molar-refractivity contribution in [3.05, 3.63) is 84.6 Å². The van der Waals surface area contributed by atoms with Crippen molar-refractivity contribution in [1.82, 2.24) is 55.7 Å². The largest absolute Gasteiger partial charge is 0.458 e. The van der Waals surface area contributed by atoms with Crippen molar-refractivity contribution in [2.45, 2.75) is 176 Å². The number of aromatic nitrogens is 1. The number of hydrogen-bond donors (Lipinski definition) is 5. The van der Waals surface area contributed by atoms with Crippen LogP contribution in [-0.2, 0) is 68.8 Å². The molecule has 2 aromatic rings. The van der Waals surface area contributed by atoms with Gasteiger partial charge in [-0.25, -0.2) is 19.4 Å². The summed E-state index contributed by atoms with van der Waals surface area (Å²) in [6, 6.07) is -3.81. The number of carbonyl (C=O) groups excluding carboxylic acids is 13. The number of non-ortho nitro benzene ring substituents is 1. The van der Waals surface area contributed by atoms with Crippen LogP contribution in [0.5, 0.6) is 0 Å². The van der Waals surface area contributed by atoms with Crippen molar-refractivity contribution < 1.29 is 85.9 Å². The van der Waals surface area contributed by atoms with Gasteiger partial charge < -0.3 is 69.3 Å². The van der Waals surface area contributed by atoms with Gasteiger partial charge in [0.25, 0.3) is 17.5 Å². The minimum Gasteiger partial charge on any atom is -0.458 e. The zero-order valence-electron chi connectivity index (χ0n) is 60.7. The van der Waals surface area contributed by atoms with Gasteiger partial charge >= 0.3 is 18.0 Å². The molecule has 0 aromatic heterocycles. The highest BCUT2D eigenvalue weighted by molar-refractivity contribution is 6.12. The summed E-state index contributed by atoms with van der Waals surface area (Å²) < 4.78 is 24.0. The predicted molar refractivity (Wildman–Crippen MR) is 368 cm³/mol. The molecular formula is C70H91N13O20. The lowest BCUT2D eigenvalue weighted by atomic mass is 9.98. The topological polar surface area (TPSA) is 415 Å². The molecule has 5 aliphatic heterocycles. The number of fused-ring (bicyclic) bond motifs is 4. The summed E-state index contributed by atoms with van der Waals surface area (Å²) in [7, 11) is 5.47. The number of anilines is 1. The molecule has 5 N–H and O–H groups in total. The maximum absolute atomic E-state index is 15.9. The van der Waals surface area contributed by atoms with Gasteiger partial charge in [0.2, 0.25) is 52.7 Å². The fourth-order valence-corrected chi connectivity index (χ4v) is 13.4. The third-order valence-corrected chi connectivity index (χ3v) is 19.2. The number of nitro benzene ring substituents is 1. The summed E-state index contributed by atoms with van der Waals surface area (Å²) in [6.45, 7) is 17.1. The van der Waals surface area contributed by atoms with Gasteiger partial charge in [0.15, 0.2) is 11.3 Å². The molecule has 0 saturated carbocycles. The first-order chi connectivity index (χ1) is 48.4. The van der Waals surface area contributed by atoms with E-state index in [1.807, 2.05) is 0 Å². The second-order valence-electron chi connectivity index (χ2n) is 28.1. The Balaban J connectivity index is 1.28. The average Bonchev–Trinajstić information content (AvgIpc) is 1.22. The van der Waals surface area contributed by atoms with Gasteiger partial charge in [-0.3, -0.25) is 68.2 Å². The first-order valence-electron chi connectivity index (χ1n) is 34.2. The maximum Gasteiger partial charge on any atom is 0.412 e. The smallest absolute Gasteiger partial charge is 0.412 e. The Kier molecular flexibility index (Phi) is 24.4. The lowest BCUT2D eigenvalue weighted by Crippen LogP contribution is -2.61. The Morgan fingerprint density at radius 2 is 1.10 bits per heavy atom. The van der Waals surface area contributed by atoms with Gasteiger partial charge in [-0.1, -0.05) is 61.5 Å². The van der Waals surface area contributed by atoms with Crippen molar-refractivity contribution >= 4 is 99.6 Å². The summed E-state index contributed by atoms with van der Waals surface area (Å²) in [4.78, 5) is 228. The molecule has 5 heterocycles. The van der Waals surface area contributed by atoms with Crippen molar-refractivity contribution in [2.24, 2.45) is 23.7 Å². The summed E-state index contributed by atoms with van der Waals surface area (Å²) in [5.74, 6) is -13.7. The standard InChI is InChI=1S/C70H91N13O20/c1-32(2)48-66(93)81-27-17-19-43(81)64(91)77(13)29-45(84)79(15)55(34(5)6)68(95)101-38(11)50(62(89)72-48)74-60(87)42-26-21-36(9)58-52(42)71-54-47(53(57(86)37(10)59(54)103-58)76-70(97)100-31-40-22-24-41(25-23-40)83(98)99)61(88)75-51-39(12)102-69(96)56(35(7)8)80(16)46(85)30-78(14)65(92)44-20-18-28-82(44)67(94)49(33(3)4)73-63(51)90/h21-26,32-35,38-39,43-44,48-51,55-56H,17-20,27-31H2,1-16H3,(H,72,89)(H,73,90)(H,74,87)(H,75,88)(H,76,97)/t38-,39-,43+,44+,48-,49-,50+,51+,55+,56+/m1/s1. The Bertz CT molecular complexity index is 4080. The van der Waals surface area contributed by atoms with Crippen LogP contribution in [0, 0.1) is 47.6 Å². The summed E-state index contributed by atoms with van der Waals surface area (Å²) in [6.07, 6.45) is -3.44. The van der Waals surface area contributed by atoms with Gasteiger partial charge in [-0.15, -0.1) is 0 Å². The van der Waals surface area contributed by atoms with Gasteiger partial charge in [0, 0.05) is 59.0 Å². The number of nitrogens with one attached hydrogen (secondary N) is 5. The van der Waals surface area contributed by atoms with E-state index in [1.54, 1.807) is 62.3 Å². The fraction of sp³-hybridized carbons (Fsp3) is 0.557. The second kappa shape index (κ2) is 32.1. The highest BCUT2D eigenvalue weighted by atomic mass is 16.6. The molecule has 11 amide bonds. The SMILES string of the molecule is Cc1c2oc3c(C)ccc(C(=O)N[C@@H]4C(=O)N[C@H](C(C)C)C(=O)N5CCC[C@H]5C(=O)N(C)CC(=O)N(C)[C@@H](C(C)C)C(=O)O[C@@H]4C)c3nc-2c(C(=O)N[C@@H]2C(=O)N[C@H](C(C)C)C(=O)N3CCC[C@H]3C(=O)N(C)CC(=O)N(C)[C@@H](C(C)C)C(=O)O[C@@H]2C)c(NC(=O)OCc2ccc([N+](=O)[O-])cc2)c1=O. The van der Waals surface area contributed by atoms with Crippen LogP contribution in [-0.4, -0.2) is 231 Å². The van der Waals surface area contributed by atoms with E-state index < -0.39 is 220 Å². The highest BCUT2D eigenvalue weighted by Crippen LogP contribution is 2.36. The number of carbonyl (C=O) groups is 13. The zero-order valence-corrected chi connectivity index (χ0v) is 60.7. The average molecular weight is 1430 g/mol. The first-order valence-corrected chi connectivity index (χ1v) is 34.2. The van der Waals surface area contributed by atoms with Crippen LogP contribution in [0.1, 0.15) is 132 Å². The molecule has 0 unspecified atom stereocenters. The van der Waals surface area contributed by atoms with Gasteiger partial charge in [0.05, 0.1) is 29.1 Å². The number of cyclic esters (lactones) is 2. The zero-order chi connectivity index (χ0) is 76.2. The highest BCUT2D eigenvalue weighted by Gasteiger charge is 2.47. The number of esters is 2. The molecule has 8 rings (SSSR count). The van der Waals surface area contributed by atoms with E-state index in [-0.39, 0.29) is 59.4 Å². The summed E-state index contributed by atoms with van der Waals surface area (Å²) in [5, 5.41) is 24.4. The van der Waals surface area contributed by atoms with Crippen LogP contribution in [0.25, 0.3) is 22.6 Å². The van der Waals surface area contributed by atoms with Crippen molar-refractivity contribution in [3.8, 4) is 11.5 Å². The van der Waals surface area contributed by atoms with Crippen LogP contribution in [0.15, 0.2) is 45.6 Å². The van der Waals surface area contributed by atoms with Crippen LogP contribution >= 0.6 is 0 Å². The third kappa shape index (κ3) is 16.6. The molecule has 2 aromatic carbocycles. The number of nitrogens with zero attached hydrogens (tertiary/aromatic N) is 8. The number of likely N-dealkylation sites (N-methyl/N-ethyl adjacent to an activating group) is 4. The number of ether oxygens (including phenoxy) is 3. The van der Waals surface area contributed by atoms with Crippen LogP contribution in [0.4, 0.5) is 16.2 Å². The molecule has 10 atom stereocenters. The number of nitro groups is 1. The van der Waals surface area contributed by atoms with Crippen LogP contribution in [0.2, 0.25) is 0 Å². The quantitative estimate of drug-likeness (QED) is 0.0447. The molecule has 33 nitrogen and oxygen atoms in total. The lowest BCUT2D eigenvalue weighted by Gasteiger charge is -2.36. The van der Waals surface area contributed by atoms with Crippen LogP contribution in [0.3, 0.4) is 0 Å². The number of aryl methyl sites for hydroxylation is 1. The Hall–Kier alpha value is -10.6. The van der Waals surface area contributed by atoms with E-state index in [1.165, 1.54) is 87.9 Å². The van der Waals surface area contributed by atoms with E-state index in [0.29, 0.717) is 12.8 Å². The first kappa shape index (κ1) is 78.1. The summed E-state index contributed by atoms with van der Waals surface area (Å²) >= 11 is 0. The molecule has 0 bridgehead atoms. The van der Waals surface area contributed by atoms with Gasteiger partial charge in [-0.05, 0) is 106 Å². The van der Waals surface area contributed by atoms with Crippen molar-refractivity contribution in [1.29, 1.82) is 0 Å². The van der Waals surface area contributed by atoms with Crippen molar-refractivity contribution in [3.63, 3.8) is 0 Å². The predicted octanol–water partition coefficient (Wildman–Crippen LogP) is 2.80. The van der Waals surface area contributed by atoms with E-state index in [2.05, 4.69) is 26.6 Å². The lowest BCUT2D eigenvalue weighted by molar-refractivity contribution is -0.384. The fourth-order valence-electron chi connectivity index (χ4n) is 13.4. The Morgan fingerprint density at radius 3 is 1.53 bits per heavy atom. The normalized spacial score (nSPS) is 24.2. The molecule has 4 saturated heterocycles. The number of hydrogen-bond acceptors (Lipinski definition) is 21. The minimum absolute atomic E-state index is 0.0914. The summed E-state index contributed by atoms with van der Waals surface area (Å²) in [5.41, 5.74) is -4.43. The molecule has 4 fully saturated rings. The van der Waals surface area contributed by atoms with E-state index in [4.69, 9.17) is 23.6 Å². The van der Waals surface area contributed by atoms with E-state index in [0.717, 1.165) is 26.8 Å². The van der Waals surface area contributed by atoms with Crippen molar-refractivity contribution in [2.75, 3.05) is 59.7 Å². The van der Waals surface area contributed by atoms with Gasteiger partial charge in [-0.2, -0.15) is 0 Å². The molecule has 6 aliphatic rings. The molecule has 556 valence electrons. The second-order valence-corrected chi connectivity index (χ2v) is 28.1. The Labute approximate surface area is 594 Å². The van der Waals surface area contributed by atoms with Gasteiger partial charge in [0.1, 0.15) is 84.0 Å². The monoisotopic (exact) mass is 1430 g/mol. The number of benzene rings is 3. The Morgan fingerprint density at radius 1 is 0.641 bits per heavy atom. The third-order valence-electron chi connectivity index (χ3n) is 19.2. The molecular weight excluding hydrogens is 1340 g/mol. The molecule has 0 spiro atoms. The van der Waals surface area contributed by atoms with Crippen LogP contribution < -0.4 is 32.0 Å². The van der Waals surface area contributed by atoms with E-state index in [9.17, 15) is 53.3 Å². The maximum atomic E-state index is 15.9. The number of amides is 11.